The van der Waals surface area contributed by atoms with Crippen molar-refractivity contribution in [1.29, 1.82) is 10.5 Å². The first-order chi connectivity index (χ1) is 7.76. The lowest BCUT2D eigenvalue weighted by atomic mass is 10.2. The molecule has 0 aliphatic carbocycles. The van der Waals surface area contributed by atoms with Crippen molar-refractivity contribution in [3.05, 3.63) is 17.2 Å². The quantitative estimate of drug-likeness (QED) is 0.742. The van der Waals surface area contributed by atoms with E-state index in [-0.39, 0.29) is 11.8 Å². The highest BCUT2D eigenvalue weighted by Crippen LogP contribution is 2.17. The topological polar surface area (TPSA) is 74.6 Å². The smallest absolute Gasteiger partial charge is 0.177 e. The van der Waals surface area contributed by atoms with Gasteiger partial charge in [-0.25, -0.2) is 4.98 Å². The van der Waals surface area contributed by atoms with Gasteiger partial charge in [-0.3, -0.25) is 0 Å². The Labute approximate surface area is 93.9 Å². The van der Waals surface area contributed by atoms with Crippen LogP contribution >= 0.6 is 0 Å². The monoisotopic (exact) mass is 216 g/mol. The van der Waals surface area contributed by atoms with Crippen molar-refractivity contribution in [3.63, 3.8) is 0 Å². The Balaban J connectivity index is 2.29. The molecule has 1 aliphatic rings. The van der Waals surface area contributed by atoms with Crippen LogP contribution in [-0.2, 0) is 11.3 Å². The molecule has 2 heterocycles. The zero-order valence-corrected chi connectivity index (χ0v) is 9.10. The van der Waals surface area contributed by atoms with Crippen molar-refractivity contribution in [2.24, 2.45) is 0 Å². The summed E-state index contributed by atoms with van der Waals surface area (Å²) < 4.78 is 7.29. The molecule has 0 N–H and O–H groups in total. The SMILES string of the molecule is Cc1nc(C#N)c(C#N)n1C[C@@H]1CCCO1. The van der Waals surface area contributed by atoms with Gasteiger partial charge in [0, 0.05) is 6.61 Å². The fourth-order valence-corrected chi connectivity index (χ4v) is 1.97. The Morgan fingerprint density at radius 2 is 2.31 bits per heavy atom. The van der Waals surface area contributed by atoms with Crippen LogP contribution in [0.4, 0.5) is 0 Å². The lowest BCUT2D eigenvalue weighted by molar-refractivity contribution is 0.0963. The van der Waals surface area contributed by atoms with Gasteiger partial charge < -0.3 is 9.30 Å². The van der Waals surface area contributed by atoms with Crippen LogP contribution in [-0.4, -0.2) is 22.3 Å². The standard InChI is InChI=1S/C11H12N4O/c1-8-14-10(5-12)11(6-13)15(8)7-9-3-2-4-16-9/h9H,2-4,7H2,1H3/t9-/m0/s1. The number of imidazole rings is 1. The van der Waals surface area contributed by atoms with E-state index in [9.17, 15) is 0 Å². The molecule has 1 aliphatic heterocycles. The summed E-state index contributed by atoms with van der Waals surface area (Å²) in [5.41, 5.74) is 0.550. The number of ether oxygens (including phenoxy) is 1. The first kappa shape index (κ1) is 10.7. The highest BCUT2D eigenvalue weighted by molar-refractivity contribution is 5.37. The molecule has 0 aromatic carbocycles. The van der Waals surface area contributed by atoms with Crippen LogP contribution in [0, 0.1) is 29.6 Å². The molecule has 5 nitrogen and oxygen atoms in total. The summed E-state index contributed by atoms with van der Waals surface area (Å²) in [5.74, 6) is 0.698. The zero-order chi connectivity index (χ0) is 11.5. The minimum absolute atomic E-state index is 0.145. The lowest BCUT2D eigenvalue weighted by Gasteiger charge is -2.12. The molecule has 1 atom stereocenters. The molecule has 0 radical (unpaired) electrons. The maximum Gasteiger partial charge on any atom is 0.177 e. The Morgan fingerprint density at radius 1 is 1.50 bits per heavy atom. The summed E-state index contributed by atoms with van der Waals surface area (Å²) >= 11 is 0. The molecule has 0 unspecified atom stereocenters. The van der Waals surface area contributed by atoms with E-state index in [0.29, 0.717) is 18.1 Å². The molecular formula is C11H12N4O. The minimum atomic E-state index is 0.145. The van der Waals surface area contributed by atoms with E-state index in [1.165, 1.54) is 0 Å². The second-order valence-electron chi connectivity index (χ2n) is 3.83. The second kappa shape index (κ2) is 4.34. The van der Waals surface area contributed by atoms with E-state index < -0.39 is 0 Å². The van der Waals surface area contributed by atoms with E-state index >= 15 is 0 Å². The van der Waals surface area contributed by atoms with Crippen LogP contribution in [0.3, 0.4) is 0 Å². The summed E-state index contributed by atoms with van der Waals surface area (Å²) in [5, 5.41) is 17.9. The Kier molecular flexibility index (Phi) is 2.89. The van der Waals surface area contributed by atoms with Crippen molar-refractivity contribution in [1.82, 2.24) is 9.55 Å². The predicted octanol–water partition coefficient (Wildman–Crippen LogP) is 1.11. The summed E-state index contributed by atoms with van der Waals surface area (Å²) in [6.07, 6.45) is 2.21. The van der Waals surface area contributed by atoms with Crippen LogP contribution in [0.5, 0.6) is 0 Å². The molecular weight excluding hydrogens is 204 g/mol. The first-order valence-electron chi connectivity index (χ1n) is 5.25. The molecule has 82 valence electrons. The Bertz CT molecular complexity index is 471. The van der Waals surface area contributed by atoms with Gasteiger partial charge in [0.05, 0.1) is 12.6 Å². The van der Waals surface area contributed by atoms with E-state index in [1.807, 2.05) is 12.1 Å². The summed E-state index contributed by atoms with van der Waals surface area (Å²) in [4.78, 5) is 4.07. The van der Waals surface area contributed by atoms with Gasteiger partial charge in [0.2, 0.25) is 0 Å². The third-order valence-electron chi connectivity index (χ3n) is 2.78. The predicted molar refractivity (Wildman–Crippen MR) is 55.4 cm³/mol. The zero-order valence-electron chi connectivity index (χ0n) is 9.10. The fraction of sp³-hybridized carbons (Fsp3) is 0.545. The van der Waals surface area contributed by atoms with Crippen LogP contribution in [0.15, 0.2) is 0 Å². The average Bonchev–Trinajstić information content (AvgIpc) is 2.88. The molecule has 2 rings (SSSR count). The molecule has 16 heavy (non-hydrogen) atoms. The first-order valence-corrected chi connectivity index (χ1v) is 5.25. The van der Waals surface area contributed by atoms with Crippen LogP contribution in [0.2, 0.25) is 0 Å². The number of nitrogens with zero attached hydrogens (tertiary/aromatic N) is 4. The van der Waals surface area contributed by atoms with Gasteiger partial charge in [0.25, 0.3) is 0 Å². The van der Waals surface area contributed by atoms with Crippen molar-refractivity contribution in [2.45, 2.75) is 32.4 Å². The highest BCUT2D eigenvalue weighted by Gasteiger charge is 2.21. The van der Waals surface area contributed by atoms with Gasteiger partial charge in [-0.2, -0.15) is 10.5 Å². The minimum Gasteiger partial charge on any atom is -0.376 e. The van der Waals surface area contributed by atoms with E-state index in [1.54, 1.807) is 11.5 Å². The van der Waals surface area contributed by atoms with Crippen LogP contribution in [0.1, 0.15) is 30.1 Å². The Morgan fingerprint density at radius 3 is 2.88 bits per heavy atom. The number of aromatic nitrogens is 2. The normalized spacial score (nSPS) is 19.3. The van der Waals surface area contributed by atoms with Crippen molar-refractivity contribution >= 4 is 0 Å². The van der Waals surface area contributed by atoms with E-state index in [4.69, 9.17) is 15.3 Å². The van der Waals surface area contributed by atoms with Gasteiger partial charge in [0.15, 0.2) is 11.4 Å². The molecule has 0 saturated carbocycles. The molecule has 0 spiro atoms. The summed E-state index contributed by atoms with van der Waals surface area (Å²) in [6.45, 7) is 3.20. The molecule has 1 aromatic rings. The van der Waals surface area contributed by atoms with Crippen LogP contribution in [0.25, 0.3) is 0 Å². The van der Waals surface area contributed by atoms with Gasteiger partial charge in [-0.05, 0) is 19.8 Å². The summed E-state index contributed by atoms with van der Waals surface area (Å²) in [7, 11) is 0. The average molecular weight is 216 g/mol. The largest absolute Gasteiger partial charge is 0.376 e. The maximum absolute atomic E-state index is 9.01. The third kappa shape index (κ3) is 1.78. The molecule has 1 fully saturated rings. The molecule has 0 amide bonds. The fourth-order valence-electron chi connectivity index (χ4n) is 1.97. The third-order valence-corrected chi connectivity index (χ3v) is 2.78. The van der Waals surface area contributed by atoms with Gasteiger partial charge in [-0.1, -0.05) is 0 Å². The summed E-state index contributed by atoms with van der Waals surface area (Å²) in [6, 6.07) is 3.97. The Hall–Kier alpha value is -1.85. The van der Waals surface area contributed by atoms with Crippen LogP contribution < -0.4 is 0 Å². The van der Waals surface area contributed by atoms with Gasteiger partial charge >= 0.3 is 0 Å². The highest BCUT2D eigenvalue weighted by atomic mass is 16.5. The molecule has 5 heteroatoms. The van der Waals surface area contributed by atoms with Crippen molar-refractivity contribution in [2.75, 3.05) is 6.61 Å². The van der Waals surface area contributed by atoms with E-state index in [2.05, 4.69) is 4.98 Å². The maximum atomic E-state index is 9.01. The molecule has 0 bridgehead atoms. The lowest BCUT2D eigenvalue weighted by Crippen LogP contribution is -2.17. The number of aryl methyl sites for hydroxylation is 1. The number of nitriles is 2. The van der Waals surface area contributed by atoms with E-state index in [0.717, 1.165) is 19.4 Å². The number of hydrogen-bond acceptors (Lipinski definition) is 4. The second-order valence-corrected chi connectivity index (χ2v) is 3.83. The molecule has 1 saturated heterocycles. The molecule has 1 aromatic heterocycles. The van der Waals surface area contributed by atoms with Gasteiger partial charge in [0.1, 0.15) is 18.0 Å². The number of rotatable bonds is 2. The van der Waals surface area contributed by atoms with Crippen molar-refractivity contribution in [3.8, 4) is 12.1 Å². The van der Waals surface area contributed by atoms with Gasteiger partial charge in [-0.15, -0.1) is 0 Å². The van der Waals surface area contributed by atoms with Crippen molar-refractivity contribution < 1.29 is 4.74 Å². The number of hydrogen-bond donors (Lipinski definition) is 0.